The molecular weight excluding hydrogens is 949 g/mol. The number of fused-ring (bicyclic) bond motifs is 10. The SMILES string of the molecule is C.CCOc1cn[nH]c1.CCOc1cnn(CC(=O)[C@H]2CC[C@H]3[C@@H]4CC[C@@H]5C[C@](C)(O)CC[C@]5(COC)[C@H]4CC[C@]23C)c1.COC[C@]12CC[C@@](C)(O)C[C@H]1CC[C@H]1[C@@H]3CC[C@H](C(=O)CBr)[C@@]3(C)CC[C@@H]12. The van der Waals surface area contributed by atoms with Crippen molar-refractivity contribution in [1.29, 1.82) is 0 Å². The number of alkyl halides is 1. The van der Waals surface area contributed by atoms with Gasteiger partial charge in [0.25, 0.3) is 0 Å². The Morgan fingerprint density at radius 3 is 1.63 bits per heavy atom. The fourth-order valence-electron chi connectivity index (χ4n) is 18.1. The van der Waals surface area contributed by atoms with Gasteiger partial charge in [-0.1, -0.05) is 37.2 Å². The highest BCUT2D eigenvalue weighted by molar-refractivity contribution is 9.09. The first-order valence-corrected chi connectivity index (χ1v) is 28.4. The fraction of sp³-hybridized carbons (Fsp3) is 0.860. The summed E-state index contributed by atoms with van der Waals surface area (Å²) in [5.41, 5.74) is -0.286. The van der Waals surface area contributed by atoms with Crippen molar-refractivity contribution in [2.45, 2.75) is 182 Å². The van der Waals surface area contributed by atoms with Crippen LogP contribution in [0.3, 0.4) is 0 Å². The molecule has 10 rings (SSSR count). The van der Waals surface area contributed by atoms with Gasteiger partial charge >= 0.3 is 0 Å². The third-order valence-corrected chi connectivity index (χ3v) is 21.6. The molecule has 2 heterocycles. The normalized spacial score (nSPS) is 42.3. The highest BCUT2D eigenvalue weighted by Crippen LogP contribution is 2.70. The topological polar surface area (TPSA) is 158 Å². The Labute approximate surface area is 429 Å². The Morgan fingerprint density at radius 2 is 1.17 bits per heavy atom. The van der Waals surface area contributed by atoms with Crippen LogP contribution in [0.1, 0.15) is 165 Å². The largest absolute Gasteiger partial charge is 0.491 e. The molecule has 70 heavy (non-hydrogen) atoms. The Kier molecular flexibility index (Phi) is 17.6. The van der Waals surface area contributed by atoms with E-state index in [-0.39, 0.29) is 40.9 Å². The van der Waals surface area contributed by atoms with Gasteiger partial charge in [-0.3, -0.25) is 19.4 Å². The molecule has 0 unspecified atom stereocenters. The summed E-state index contributed by atoms with van der Waals surface area (Å²) in [6, 6.07) is 0. The van der Waals surface area contributed by atoms with Gasteiger partial charge in [-0.2, -0.15) is 10.2 Å². The van der Waals surface area contributed by atoms with E-state index >= 15 is 0 Å². The molecule has 0 radical (unpaired) electrons. The molecular formula is C57H93BrN4O8. The lowest BCUT2D eigenvalue weighted by Gasteiger charge is -2.62. The van der Waals surface area contributed by atoms with Gasteiger partial charge in [-0.25, -0.2) is 0 Å². The van der Waals surface area contributed by atoms with E-state index < -0.39 is 11.2 Å². The maximum atomic E-state index is 13.5. The zero-order valence-corrected chi connectivity index (χ0v) is 45.2. The zero-order valence-electron chi connectivity index (χ0n) is 43.6. The van der Waals surface area contributed by atoms with Crippen molar-refractivity contribution in [1.82, 2.24) is 20.0 Å². The monoisotopic (exact) mass is 1040 g/mol. The molecule has 8 aliphatic carbocycles. The second-order valence-electron chi connectivity index (χ2n) is 24.6. The molecule has 396 valence electrons. The first-order chi connectivity index (χ1) is 32.9. The third-order valence-electron chi connectivity index (χ3n) is 21.1. The number of ketones is 2. The summed E-state index contributed by atoms with van der Waals surface area (Å²) >= 11 is 3.43. The number of halogens is 1. The minimum atomic E-state index is -0.530. The lowest BCUT2D eigenvalue weighted by atomic mass is 9.43. The minimum Gasteiger partial charge on any atom is -0.491 e. The van der Waals surface area contributed by atoms with Crippen LogP contribution < -0.4 is 9.47 Å². The molecule has 12 nitrogen and oxygen atoms in total. The van der Waals surface area contributed by atoms with Gasteiger partial charge < -0.3 is 29.2 Å². The van der Waals surface area contributed by atoms with Crippen LogP contribution in [0, 0.1) is 80.8 Å². The number of H-pyrrole nitrogens is 1. The van der Waals surface area contributed by atoms with E-state index in [0.29, 0.717) is 78.1 Å². The van der Waals surface area contributed by atoms with Gasteiger partial charge in [0, 0.05) is 26.1 Å². The summed E-state index contributed by atoms with van der Waals surface area (Å²) in [6.07, 6.45) is 26.9. The molecule has 0 bridgehead atoms. The number of carbonyl (C=O) groups is 2. The van der Waals surface area contributed by atoms with Crippen molar-refractivity contribution < 1.29 is 38.7 Å². The second-order valence-corrected chi connectivity index (χ2v) is 25.2. The number of ether oxygens (including phenoxy) is 4. The van der Waals surface area contributed by atoms with Crippen LogP contribution >= 0.6 is 15.9 Å². The van der Waals surface area contributed by atoms with E-state index in [9.17, 15) is 19.8 Å². The summed E-state index contributed by atoms with van der Waals surface area (Å²) in [4.78, 5) is 26.1. The van der Waals surface area contributed by atoms with Crippen LogP contribution in [-0.2, 0) is 25.6 Å². The molecule has 0 aliphatic heterocycles. The Bertz CT molecular complexity index is 2030. The van der Waals surface area contributed by atoms with Gasteiger partial charge in [-0.15, -0.1) is 0 Å². The van der Waals surface area contributed by atoms with Gasteiger partial charge in [-0.05, 0) is 212 Å². The molecule has 16 atom stereocenters. The van der Waals surface area contributed by atoms with E-state index in [4.69, 9.17) is 18.9 Å². The standard InChI is InChI=1S/C28H44N2O4.C23H37BrO3.C5H8N2O.CH4/c1-5-34-20-15-29-30(16-20)17-25(31)24-9-8-22-21-7-6-19-14-26(2,32)12-13-28(19,18-33-4)23(21)10-11-27(22,24)3;1-21(26)10-11-23(14-27-3)15(12-21)4-5-16-17-6-7-19(20(25)13-24)22(17,2)9-8-18(16)23;1-2-8-5-3-6-7-4-5;/h15-16,19,21-24,32H,5-14,17-18H2,1-4H3;15-19,26H,4-14H2,1-3H3;3-4H,2H2,1H3,(H,6,7);1H4/t19-,21+,22+,23+,24-,26-,27+,28-;15-,16+,17+,18+,19-,21-,22+,23-;;/m11../s1. The van der Waals surface area contributed by atoms with Crippen LogP contribution in [0.25, 0.3) is 0 Å². The average molecular weight is 1040 g/mol. The second kappa shape index (κ2) is 22.3. The van der Waals surface area contributed by atoms with Crippen LogP contribution in [0.5, 0.6) is 11.5 Å². The lowest BCUT2D eigenvalue weighted by molar-refractivity contribution is -0.175. The van der Waals surface area contributed by atoms with Gasteiger partial charge in [0.15, 0.2) is 17.3 Å². The number of Topliss-reactive ketones (excluding diaryl/α,β-unsaturated/α-hetero) is 2. The highest BCUT2D eigenvalue weighted by atomic mass is 79.9. The molecule has 8 saturated carbocycles. The third kappa shape index (κ3) is 10.5. The van der Waals surface area contributed by atoms with Crippen molar-refractivity contribution in [3.8, 4) is 11.5 Å². The Hall–Kier alpha value is -2.32. The molecule has 2 aromatic rings. The van der Waals surface area contributed by atoms with E-state index in [1.165, 1.54) is 57.8 Å². The average Bonchev–Trinajstić information content (AvgIpc) is 4.14. The van der Waals surface area contributed by atoms with Crippen LogP contribution in [0.2, 0.25) is 0 Å². The van der Waals surface area contributed by atoms with Crippen LogP contribution in [0.4, 0.5) is 0 Å². The number of aromatic amines is 1. The smallest absolute Gasteiger partial charge is 0.157 e. The minimum absolute atomic E-state index is 0. The van der Waals surface area contributed by atoms with Crippen molar-refractivity contribution in [3.63, 3.8) is 0 Å². The molecule has 0 saturated heterocycles. The molecule has 2 aromatic heterocycles. The Morgan fingerprint density at radius 1 is 0.671 bits per heavy atom. The zero-order chi connectivity index (χ0) is 49.4. The quantitative estimate of drug-likeness (QED) is 0.165. The number of methoxy groups -OCH3 is 2. The van der Waals surface area contributed by atoms with E-state index in [2.05, 4.69) is 45.1 Å². The Balaban J connectivity index is 0.000000179. The maximum Gasteiger partial charge on any atom is 0.157 e. The predicted molar refractivity (Wildman–Crippen MR) is 278 cm³/mol. The number of aromatic nitrogens is 4. The summed E-state index contributed by atoms with van der Waals surface area (Å²) in [6.45, 7) is 16.1. The number of carbonyl (C=O) groups excluding carboxylic acids is 2. The molecule has 8 fully saturated rings. The van der Waals surface area contributed by atoms with E-state index in [1.807, 2.05) is 48.1 Å². The lowest BCUT2D eigenvalue weighted by Crippen LogP contribution is -2.58. The maximum absolute atomic E-state index is 13.5. The van der Waals surface area contributed by atoms with Crippen LogP contribution in [-0.4, -0.2) is 98.9 Å². The van der Waals surface area contributed by atoms with Crippen LogP contribution in [0.15, 0.2) is 24.8 Å². The molecule has 3 N–H and O–H groups in total. The van der Waals surface area contributed by atoms with Gasteiger partial charge in [0.05, 0.1) is 74.3 Å². The number of nitrogens with one attached hydrogen (secondary N) is 1. The first kappa shape index (κ1) is 55.4. The van der Waals surface area contributed by atoms with Crippen molar-refractivity contribution in [2.24, 2.45) is 80.8 Å². The number of nitrogens with zero attached hydrogens (tertiary/aromatic N) is 3. The highest BCUT2D eigenvalue weighted by Gasteiger charge is 2.65. The molecule has 8 aliphatic rings. The summed E-state index contributed by atoms with van der Waals surface area (Å²) < 4.78 is 24.0. The predicted octanol–water partition coefficient (Wildman–Crippen LogP) is 11.3. The van der Waals surface area contributed by atoms with E-state index in [1.54, 1.807) is 23.3 Å². The molecule has 0 aromatic carbocycles. The molecule has 0 amide bonds. The van der Waals surface area contributed by atoms with E-state index in [0.717, 1.165) is 88.4 Å². The van der Waals surface area contributed by atoms with Gasteiger partial charge in [0.2, 0.25) is 0 Å². The van der Waals surface area contributed by atoms with Gasteiger partial charge in [0.1, 0.15) is 5.78 Å². The van der Waals surface area contributed by atoms with Crippen molar-refractivity contribution >= 4 is 27.5 Å². The molecule has 0 spiro atoms. The summed E-state index contributed by atoms with van der Waals surface area (Å²) in [5, 5.41) is 32.8. The first-order valence-electron chi connectivity index (χ1n) is 27.2. The molecule has 13 heteroatoms. The number of aliphatic hydroxyl groups is 2. The van der Waals surface area contributed by atoms with Crippen molar-refractivity contribution in [2.75, 3.05) is 46.0 Å². The number of rotatable bonds is 13. The number of hydrogen-bond donors (Lipinski definition) is 3. The van der Waals surface area contributed by atoms with Crippen molar-refractivity contribution in [3.05, 3.63) is 24.8 Å². The number of hydrogen-bond acceptors (Lipinski definition) is 10. The summed E-state index contributed by atoms with van der Waals surface area (Å²) in [5.74, 6) is 7.93. The fourth-order valence-corrected chi connectivity index (χ4v) is 18.5. The summed E-state index contributed by atoms with van der Waals surface area (Å²) in [7, 11) is 3.71.